The van der Waals surface area contributed by atoms with Gasteiger partial charge in [0, 0.05) is 0 Å². The second kappa shape index (κ2) is 4.12. The lowest BCUT2D eigenvalue weighted by Gasteiger charge is -2.28. The molecule has 1 aliphatic rings. The van der Waals surface area contributed by atoms with Crippen molar-refractivity contribution in [1.82, 2.24) is 0 Å². The zero-order valence-electron chi connectivity index (χ0n) is 11.1. The molecule has 0 saturated carbocycles. The Balaban J connectivity index is 2.55. The highest BCUT2D eigenvalue weighted by Crippen LogP contribution is 2.37. The van der Waals surface area contributed by atoms with Gasteiger partial charge in [-0.2, -0.15) is 0 Å². The third-order valence-electron chi connectivity index (χ3n) is 3.63. The van der Waals surface area contributed by atoms with E-state index >= 15 is 0 Å². The van der Waals surface area contributed by atoms with Crippen molar-refractivity contribution in [3.8, 4) is 5.75 Å². The van der Waals surface area contributed by atoms with Crippen LogP contribution in [0.15, 0.2) is 6.07 Å². The molecule has 1 aliphatic heterocycles. The highest BCUT2D eigenvalue weighted by atomic mass is 16.5. The molecule has 0 bridgehead atoms. The van der Waals surface area contributed by atoms with Crippen molar-refractivity contribution >= 4 is 0 Å². The van der Waals surface area contributed by atoms with Gasteiger partial charge in [0.05, 0.1) is 6.10 Å². The number of hydrogen-bond donors (Lipinski definition) is 0. The lowest BCUT2D eigenvalue weighted by Crippen LogP contribution is -2.21. The molecule has 0 fully saturated rings. The molecule has 1 nitrogen and oxygen atoms in total. The molecule has 0 aliphatic carbocycles. The van der Waals surface area contributed by atoms with E-state index in [4.69, 9.17) is 4.74 Å². The first-order chi connectivity index (χ1) is 7.50. The van der Waals surface area contributed by atoms with E-state index in [0.29, 0.717) is 12.0 Å². The number of hydrogen-bond acceptors (Lipinski definition) is 1. The fourth-order valence-electron chi connectivity index (χ4n) is 2.66. The number of aryl methyl sites for hydroxylation is 1. The van der Waals surface area contributed by atoms with Crippen molar-refractivity contribution in [2.24, 2.45) is 0 Å². The predicted molar refractivity (Wildman–Crippen MR) is 68.4 cm³/mol. The maximum atomic E-state index is 5.98. The summed E-state index contributed by atoms with van der Waals surface area (Å²) in [4.78, 5) is 0. The number of benzene rings is 1. The van der Waals surface area contributed by atoms with Crippen LogP contribution in [0.25, 0.3) is 0 Å². The van der Waals surface area contributed by atoms with Gasteiger partial charge in [0.15, 0.2) is 0 Å². The summed E-state index contributed by atoms with van der Waals surface area (Å²) >= 11 is 0. The SMILES string of the molecule is Cc1cc(C(C)C)c(C)c2c1O[C@@H](C)CC2. The second-order valence-corrected chi connectivity index (χ2v) is 5.34. The molecule has 1 atom stereocenters. The Kier molecular flexibility index (Phi) is 2.96. The minimum atomic E-state index is 0.371. The van der Waals surface area contributed by atoms with Gasteiger partial charge in [-0.25, -0.2) is 0 Å². The highest BCUT2D eigenvalue weighted by molar-refractivity contribution is 5.51. The van der Waals surface area contributed by atoms with Crippen molar-refractivity contribution in [3.63, 3.8) is 0 Å². The molecule has 0 N–H and O–H groups in total. The van der Waals surface area contributed by atoms with Gasteiger partial charge in [-0.05, 0) is 61.8 Å². The van der Waals surface area contributed by atoms with Crippen LogP contribution in [0.5, 0.6) is 5.75 Å². The largest absolute Gasteiger partial charge is 0.490 e. The number of fused-ring (bicyclic) bond motifs is 1. The van der Waals surface area contributed by atoms with E-state index in [0.717, 1.165) is 12.2 Å². The topological polar surface area (TPSA) is 9.23 Å². The molecule has 16 heavy (non-hydrogen) atoms. The second-order valence-electron chi connectivity index (χ2n) is 5.34. The zero-order valence-corrected chi connectivity index (χ0v) is 11.1. The average molecular weight is 218 g/mol. The lowest BCUT2D eigenvalue weighted by atomic mass is 9.88. The van der Waals surface area contributed by atoms with Gasteiger partial charge in [0.2, 0.25) is 0 Å². The van der Waals surface area contributed by atoms with E-state index in [1.807, 2.05) is 0 Å². The molecule has 0 unspecified atom stereocenters. The molecule has 0 aromatic heterocycles. The first kappa shape index (κ1) is 11.5. The van der Waals surface area contributed by atoms with Crippen LogP contribution in [0.3, 0.4) is 0 Å². The van der Waals surface area contributed by atoms with Crippen molar-refractivity contribution < 1.29 is 4.74 Å². The Morgan fingerprint density at radius 1 is 1.31 bits per heavy atom. The van der Waals surface area contributed by atoms with Crippen LogP contribution in [0, 0.1) is 13.8 Å². The first-order valence-electron chi connectivity index (χ1n) is 6.30. The minimum Gasteiger partial charge on any atom is -0.490 e. The maximum absolute atomic E-state index is 5.98. The van der Waals surface area contributed by atoms with Crippen LogP contribution in [0.4, 0.5) is 0 Å². The molecular formula is C15H22O. The summed E-state index contributed by atoms with van der Waals surface area (Å²) in [5, 5.41) is 0. The van der Waals surface area contributed by atoms with Crippen LogP contribution in [0.1, 0.15) is 55.4 Å². The highest BCUT2D eigenvalue weighted by Gasteiger charge is 2.22. The molecule has 2 rings (SSSR count). The van der Waals surface area contributed by atoms with Crippen LogP contribution in [-0.2, 0) is 6.42 Å². The molecule has 0 amide bonds. The summed E-state index contributed by atoms with van der Waals surface area (Å²) in [6, 6.07) is 2.30. The Bertz CT molecular complexity index is 404. The molecule has 1 aromatic carbocycles. The van der Waals surface area contributed by atoms with E-state index in [1.165, 1.54) is 28.7 Å². The summed E-state index contributed by atoms with van der Waals surface area (Å²) in [6.45, 7) is 11.1. The third kappa shape index (κ3) is 1.83. The quantitative estimate of drug-likeness (QED) is 0.688. The molecular weight excluding hydrogens is 196 g/mol. The van der Waals surface area contributed by atoms with Crippen molar-refractivity contribution in [1.29, 1.82) is 0 Å². The summed E-state index contributed by atoms with van der Waals surface area (Å²) in [6.07, 6.45) is 2.69. The predicted octanol–water partition coefficient (Wildman–Crippen LogP) is 4.14. The van der Waals surface area contributed by atoms with E-state index < -0.39 is 0 Å². The van der Waals surface area contributed by atoms with E-state index in [9.17, 15) is 0 Å². The van der Waals surface area contributed by atoms with Gasteiger partial charge in [-0.1, -0.05) is 19.9 Å². The van der Waals surface area contributed by atoms with Gasteiger partial charge >= 0.3 is 0 Å². The zero-order chi connectivity index (χ0) is 11.9. The Hall–Kier alpha value is -0.980. The summed E-state index contributed by atoms with van der Waals surface area (Å²) < 4.78 is 5.98. The lowest BCUT2D eigenvalue weighted by molar-refractivity contribution is 0.190. The molecule has 0 spiro atoms. The van der Waals surface area contributed by atoms with Crippen LogP contribution >= 0.6 is 0 Å². The minimum absolute atomic E-state index is 0.371. The molecule has 0 saturated heterocycles. The molecule has 88 valence electrons. The van der Waals surface area contributed by atoms with Crippen LogP contribution < -0.4 is 4.74 Å². The van der Waals surface area contributed by atoms with Crippen molar-refractivity contribution in [2.45, 2.75) is 59.5 Å². The Morgan fingerprint density at radius 3 is 2.62 bits per heavy atom. The molecule has 0 radical (unpaired) electrons. The summed E-state index contributed by atoms with van der Waals surface area (Å²) in [5.74, 6) is 1.75. The van der Waals surface area contributed by atoms with Crippen LogP contribution in [0.2, 0.25) is 0 Å². The van der Waals surface area contributed by atoms with Gasteiger partial charge in [0.1, 0.15) is 5.75 Å². The monoisotopic (exact) mass is 218 g/mol. The Labute approximate surface area is 98.8 Å². The standard InChI is InChI=1S/C15H22O/c1-9(2)14-8-10(3)15-13(12(14)5)7-6-11(4)16-15/h8-9,11H,6-7H2,1-5H3/t11-/m0/s1. The van der Waals surface area contributed by atoms with Gasteiger partial charge < -0.3 is 4.74 Å². The molecule has 1 aromatic rings. The summed E-state index contributed by atoms with van der Waals surface area (Å²) in [5.41, 5.74) is 5.68. The molecule has 1 heteroatoms. The van der Waals surface area contributed by atoms with Gasteiger partial charge in [-0.3, -0.25) is 0 Å². The smallest absolute Gasteiger partial charge is 0.126 e. The summed E-state index contributed by atoms with van der Waals surface area (Å²) in [7, 11) is 0. The Morgan fingerprint density at radius 2 is 2.00 bits per heavy atom. The number of ether oxygens (including phenoxy) is 1. The van der Waals surface area contributed by atoms with E-state index in [-0.39, 0.29) is 0 Å². The van der Waals surface area contributed by atoms with Crippen molar-refractivity contribution in [3.05, 3.63) is 28.3 Å². The van der Waals surface area contributed by atoms with E-state index in [2.05, 4.69) is 40.7 Å². The normalized spacial score (nSPS) is 19.5. The van der Waals surface area contributed by atoms with E-state index in [1.54, 1.807) is 0 Å². The number of rotatable bonds is 1. The van der Waals surface area contributed by atoms with Crippen LogP contribution in [-0.4, -0.2) is 6.10 Å². The van der Waals surface area contributed by atoms with Gasteiger partial charge in [-0.15, -0.1) is 0 Å². The third-order valence-corrected chi connectivity index (χ3v) is 3.63. The maximum Gasteiger partial charge on any atom is 0.126 e. The van der Waals surface area contributed by atoms with Crippen molar-refractivity contribution in [2.75, 3.05) is 0 Å². The fraction of sp³-hybridized carbons (Fsp3) is 0.600. The average Bonchev–Trinajstić information content (AvgIpc) is 2.22. The fourth-order valence-corrected chi connectivity index (χ4v) is 2.66. The van der Waals surface area contributed by atoms with Gasteiger partial charge in [0.25, 0.3) is 0 Å². The molecule has 1 heterocycles. The first-order valence-corrected chi connectivity index (χ1v) is 6.30.